The molecule has 0 bridgehead atoms. The van der Waals surface area contributed by atoms with Crippen LogP contribution >= 0.6 is 31.9 Å². The topological polar surface area (TPSA) is 9.23 Å². The van der Waals surface area contributed by atoms with Gasteiger partial charge < -0.3 is 4.74 Å². The van der Waals surface area contributed by atoms with E-state index < -0.39 is 0 Å². The summed E-state index contributed by atoms with van der Waals surface area (Å²) in [5, 5.41) is 0.910. The normalized spacial score (nSPS) is 12.5. The summed E-state index contributed by atoms with van der Waals surface area (Å²) < 4.78 is 19.4. The van der Waals surface area contributed by atoms with E-state index in [0.29, 0.717) is 18.3 Å². The van der Waals surface area contributed by atoms with Crippen molar-refractivity contribution in [2.75, 3.05) is 11.9 Å². The molecule has 1 aromatic carbocycles. The lowest BCUT2D eigenvalue weighted by molar-refractivity contribution is 0.253. The van der Waals surface area contributed by atoms with E-state index in [2.05, 4.69) is 38.8 Å². The summed E-state index contributed by atoms with van der Waals surface area (Å²) in [5.74, 6) is 0.770. The van der Waals surface area contributed by atoms with Gasteiger partial charge in [-0.1, -0.05) is 29.3 Å². The van der Waals surface area contributed by atoms with Crippen molar-refractivity contribution in [3.8, 4) is 5.75 Å². The van der Waals surface area contributed by atoms with Crippen molar-refractivity contribution in [1.82, 2.24) is 0 Å². The summed E-state index contributed by atoms with van der Waals surface area (Å²) in [6.07, 6.45) is 2.24. The Bertz CT molecular complexity index is 331. The first-order chi connectivity index (χ1) is 7.67. The van der Waals surface area contributed by atoms with E-state index in [-0.39, 0.29) is 5.82 Å². The van der Waals surface area contributed by atoms with Crippen LogP contribution in [0.4, 0.5) is 4.39 Å². The lowest BCUT2D eigenvalue weighted by Crippen LogP contribution is -2.13. The van der Waals surface area contributed by atoms with Gasteiger partial charge in [-0.2, -0.15) is 0 Å². The maximum atomic E-state index is 13.0. The molecule has 1 nitrogen and oxygen atoms in total. The molecule has 0 aliphatic heterocycles. The number of benzene rings is 1. The third-order valence-electron chi connectivity index (χ3n) is 2.28. The van der Waals surface area contributed by atoms with Gasteiger partial charge in [0.15, 0.2) is 0 Å². The zero-order chi connectivity index (χ0) is 12.0. The third-order valence-corrected chi connectivity index (χ3v) is 3.85. The maximum absolute atomic E-state index is 13.0. The Morgan fingerprint density at radius 3 is 2.81 bits per heavy atom. The van der Waals surface area contributed by atoms with Crippen LogP contribution in [0.2, 0.25) is 0 Å². The number of rotatable bonds is 6. The summed E-state index contributed by atoms with van der Waals surface area (Å²) in [4.78, 5) is 0. The molecule has 0 N–H and O–H groups in total. The van der Waals surface area contributed by atoms with Gasteiger partial charge in [0.1, 0.15) is 11.6 Å². The maximum Gasteiger partial charge on any atom is 0.136 e. The van der Waals surface area contributed by atoms with Crippen LogP contribution in [-0.4, -0.2) is 11.9 Å². The Morgan fingerprint density at radius 1 is 1.44 bits per heavy atom. The molecule has 0 fully saturated rings. The molecule has 0 spiro atoms. The number of hydrogen-bond acceptors (Lipinski definition) is 1. The van der Waals surface area contributed by atoms with Gasteiger partial charge in [-0.05, 0) is 34.5 Å². The molecule has 16 heavy (non-hydrogen) atoms. The molecule has 0 radical (unpaired) electrons. The summed E-state index contributed by atoms with van der Waals surface area (Å²) >= 11 is 6.80. The van der Waals surface area contributed by atoms with Gasteiger partial charge in [0.2, 0.25) is 0 Å². The van der Waals surface area contributed by atoms with Crippen molar-refractivity contribution in [3.05, 3.63) is 28.5 Å². The Balaban J connectivity index is 2.55. The molecule has 1 atom stereocenters. The molecular formula is C12H15Br2FO. The van der Waals surface area contributed by atoms with Crippen LogP contribution in [0, 0.1) is 11.7 Å². The minimum absolute atomic E-state index is 0.274. The lowest BCUT2D eigenvalue weighted by Gasteiger charge is -2.15. The van der Waals surface area contributed by atoms with E-state index in [1.54, 1.807) is 6.07 Å². The first kappa shape index (κ1) is 14.0. The highest BCUT2D eigenvalue weighted by Gasteiger charge is 2.09. The van der Waals surface area contributed by atoms with E-state index in [4.69, 9.17) is 4.74 Å². The first-order valence-corrected chi connectivity index (χ1v) is 7.22. The van der Waals surface area contributed by atoms with Crippen LogP contribution < -0.4 is 4.74 Å². The highest BCUT2D eigenvalue weighted by molar-refractivity contribution is 9.10. The van der Waals surface area contributed by atoms with Crippen molar-refractivity contribution in [3.63, 3.8) is 0 Å². The second-order valence-corrected chi connectivity index (χ2v) is 5.20. The van der Waals surface area contributed by atoms with Crippen molar-refractivity contribution in [2.45, 2.75) is 19.8 Å². The number of hydrogen-bond donors (Lipinski definition) is 0. The van der Waals surface area contributed by atoms with E-state index >= 15 is 0 Å². The number of alkyl halides is 1. The minimum Gasteiger partial charge on any atom is -0.492 e. The predicted molar refractivity (Wildman–Crippen MR) is 71.8 cm³/mol. The largest absolute Gasteiger partial charge is 0.492 e. The lowest BCUT2D eigenvalue weighted by atomic mass is 10.1. The van der Waals surface area contributed by atoms with Crippen molar-refractivity contribution in [1.29, 1.82) is 0 Å². The molecule has 90 valence electrons. The summed E-state index contributed by atoms with van der Waals surface area (Å²) in [6, 6.07) is 4.47. The Hall–Kier alpha value is -0.0900. The molecule has 0 aliphatic rings. The summed E-state index contributed by atoms with van der Waals surface area (Å²) in [5.41, 5.74) is 0. The zero-order valence-corrected chi connectivity index (χ0v) is 12.4. The van der Waals surface area contributed by atoms with Gasteiger partial charge in [-0.15, -0.1) is 0 Å². The van der Waals surface area contributed by atoms with Gasteiger partial charge in [-0.25, -0.2) is 4.39 Å². The molecule has 1 aromatic rings. The third kappa shape index (κ3) is 4.42. The van der Waals surface area contributed by atoms with Crippen LogP contribution in [0.5, 0.6) is 5.75 Å². The molecule has 0 amide bonds. The van der Waals surface area contributed by atoms with Gasteiger partial charge >= 0.3 is 0 Å². The van der Waals surface area contributed by atoms with Crippen LogP contribution in [0.25, 0.3) is 0 Å². The highest BCUT2D eigenvalue weighted by atomic mass is 79.9. The summed E-state index contributed by atoms with van der Waals surface area (Å²) in [6.45, 7) is 2.76. The van der Waals surface area contributed by atoms with Gasteiger partial charge in [0.25, 0.3) is 0 Å². The second-order valence-electron chi connectivity index (χ2n) is 3.69. The molecule has 1 rings (SSSR count). The molecule has 0 aliphatic carbocycles. The Morgan fingerprint density at radius 2 is 2.19 bits per heavy atom. The van der Waals surface area contributed by atoms with E-state index in [1.165, 1.54) is 12.1 Å². The molecule has 0 saturated heterocycles. The monoisotopic (exact) mass is 352 g/mol. The predicted octanol–water partition coefficient (Wildman–Crippen LogP) is 4.78. The fraction of sp³-hybridized carbons (Fsp3) is 0.500. The highest BCUT2D eigenvalue weighted by Crippen LogP contribution is 2.26. The quantitative estimate of drug-likeness (QED) is 0.669. The van der Waals surface area contributed by atoms with Crippen molar-refractivity contribution in [2.24, 2.45) is 5.92 Å². The molecular weight excluding hydrogens is 339 g/mol. The van der Waals surface area contributed by atoms with Crippen LogP contribution in [0.15, 0.2) is 22.7 Å². The van der Waals surface area contributed by atoms with Gasteiger partial charge in [-0.3, -0.25) is 0 Å². The Labute approximate surface area is 113 Å². The van der Waals surface area contributed by atoms with Crippen LogP contribution in [0.1, 0.15) is 19.8 Å². The SMILES string of the molecule is CCCC(CBr)COc1cc(F)ccc1Br. The van der Waals surface area contributed by atoms with Crippen LogP contribution in [0.3, 0.4) is 0 Å². The molecule has 4 heteroatoms. The van der Waals surface area contributed by atoms with Crippen molar-refractivity contribution < 1.29 is 9.13 Å². The number of ether oxygens (including phenoxy) is 1. The van der Waals surface area contributed by atoms with E-state index in [1.807, 2.05) is 0 Å². The first-order valence-electron chi connectivity index (χ1n) is 5.31. The average molecular weight is 354 g/mol. The molecule has 1 unspecified atom stereocenters. The van der Waals surface area contributed by atoms with Crippen LogP contribution in [-0.2, 0) is 0 Å². The minimum atomic E-state index is -0.274. The molecule has 0 heterocycles. The standard InChI is InChI=1S/C12H15Br2FO/c1-2-3-9(7-13)8-16-12-6-10(15)4-5-11(12)14/h4-6,9H,2-3,7-8H2,1H3. The fourth-order valence-electron chi connectivity index (χ4n) is 1.41. The van der Waals surface area contributed by atoms with Crippen molar-refractivity contribution >= 4 is 31.9 Å². The second kappa shape index (κ2) is 7.28. The number of halogens is 3. The van der Waals surface area contributed by atoms with Gasteiger partial charge in [0.05, 0.1) is 11.1 Å². The fourth-order valence-corrected chi connectivity index (χ4v) is 2.28. The average Bonchev–Trinajstić information content (AvgIpc) is 2.28. The van der Waals surface area contributed by atoms with Gasteiger partial charge in [0, 0.05) is 17.3 Å². The van der Waals surface area contributed by atoms with E-state index in [0.717, 1.165) is 22.6 Å². The molecule has 0 saturated carbocycles. The Kier molecular flexibility index (Phi) is 6.36. The molecule has 0 aromatic heterocycles. The zero-order valence-electron chi connectivity index (χ0n) is 9.18. The smallest absolute Gasteiger partial charge is 0.136 e. The van der Waals surface area contributed by atoms with E-state index in [9.17, 15) is 4.39 Å². The summed E-state index contributed by atoms with van der Waals surface area (Å²) in [7, 11) is 0.